The molecule has 1 aromatic rings. The summed E-state index contributed by atoms with van der Waals surface area (Å²) < 4.78 is 6.55. The van der Waals surface area contributed by atoms with Gasteiger partial charge in [0.05, 0.1) is 7.11 Å². The second kappa shape index (κ2) is 4.38. The molecule has 88 valence electrons. The lowest BCUT2D eigenvalue weighted by Gasteiger charge is -2.14. The molecule has 0 heterocycles. The van der Waals surface area contributed by atoms with E-state index in [9.17, 15) is 0 Å². The van der Waals surface area contributed by atoms with Crippen LogP contribution in [0.3, 0.4) is 0 Å². The van der Waals surface area contributed by atoms with Gasteiger partial charge in [-0.25, -0.2) is 0 Å². The Bertz CT molecular complexity index is 399. The smallest absolute Gasteiger partial charge is 0.123 e. The molecule has 1 aromatic carbocycles. The van der Waals surface area contributed by atoms with E-state index in [0.29, 0.717) is 0 Å². The zero-order chi connectivity index (χ0) is 11.8. The normalized spacial score (nSPS) is 17.2. The van der Waals surface area contributed by atoms with Gasteiger partial charge in [0, 0.05) is 15.6 Å². The van der Waals surface area contributed by atoms with Gasteiger partial charge in [-0.2, -0.15) is 0 Å². The van der Waals surface area contributed by atoms with Crippen LogP contribution in [-0.2, 0) is 6.42 Å². The molecule has 0 radical (unpaired) electrons. The number of hydrogen-bond donors (Lipinski definition) is 1. The Morgan fingerprint density at radius 1 is 1.44 bits per heavy atom. The quantitative estimate of drug-likeness (QED) is 0.921. The second-order valence-electron chi connectivity index (χ2n) is 4.79. The summed E-state index contributed by atoms with van der Waals surface area (Å²) in [7, 11) is 1.72. The van der Waals surface area contributed by atoms with Crippen molar-refractivity contribution in [2.45, 2.75) is 38.1 Å². The molecule has 0 atom stereocenters. The van der Waals surface area contributed by atoms with E-state index in [1.807, 2.05) is 0 Å². The third-order valence-electron chi connectivity index (χ3n) is 3.28. The highest BCUT2D eigenvalue weighted by molar-refractivity contribution is 9.10. The van der Waals surface area contributed by atoms with E-state index >= 15 is 0 Å². The Morgan fingerprint density at radius 2 is 2.12 bits per heavy atom. The highest BCUT2D eigenvalue weighted by atomic mass is 79.9. The molecule has 2 rings (SSSR count). The Balaban J connectivity index is 2.17. The molecule has 2 nitrogen and oxygen atoms in total. The molecule has 0 spiro atoms. The summed E-state index contributed by atoms with van der Waals surface area (Å²) in [6.07, 6.45) is 4.36. The van der Waals surface area contributed by atoms with Crippen molar-refractivity contribution in [3.8, 4) is 5.75 Å². The molecule has 0 unspecified atom stereocenters. The topological polar surface area (TPSA) is 35.2 Å². The third-order valence-corrected chi connectivity index (χ3v) is 3.99. The van der Waals surface area contributed by atoms with E-state index in [0.717, 1.165) is 23.1 Å². The van der Waals surface area contributed by atoms with Gasteiger partial charge in [-0.15, -0.1) is 0 Å². The maximum Gasteiger partial charge on any atom is 0.123 e. The van der Waals surface area contributed by atoms with Crippen molar-refractivity contribution < 1.29 is 4.74 Å². The van der Waals surface area contributed by atoms with Crippen molar-refractivity contribution in [3.63, 3.8) is 0 Å². The fourth-order valence-corrected chi connectivity index (χ4v) is 2.70. The van der Waals surface area contributed by atoms with Gasteiger partial charge in [-0.3, -0.25) is 0 Å². The first-order valence-corrected chi connectivity index (χ1v) is 6.45. The summed E-state index contributed by atoms with van der Waals surface area (Å²) in [4.78, 5) is 0. The number of methoxy groups -OCH3 is 1. The third kappa shape index (κ3) is 2.58. The van der Waals surface area contributed by atoms with Gasteiger partial charge >= 0.3 is 0 Å². The van der Waals surface area contributed by atoms with Crippen LogP contribution >= 0.6 is 15.9 Å². The molecule has 0 aromatic heterocycles. The summed E-state index contributed by atoms with van der Waals surface area (Å²) in [5.74, 6) is 0.969. The van der Waals surface area contributed by atoms with Gasteiger partial charge in [-0.1, -0.05) is 15.9 Å². The molecule has 0 bridgehead atoms. The van der Waals surface area contributed by atoms with Gasteiger partial charge < -0.3 is 10.5 Å². The summed E-state index contributed by atoms with van der Waals surface area (Å²) in [6.45, 7) is 2.07. The minimum Gasteiger partial charge on any atom is -0.496 e. The number of rotatable bonds is 4. The van der Waals surface area contributed by atoms with E-state index in [1.54, 1.807) is 7.11 Å². The zero-order valence-corrected chi connectivity index (χ0v) is 11.4. The predicted molar refractivity (Wildman–Crippen MR) is 69.9 cm³/mol. The Morgan fingerprint density at radius 3 is 2.69 bits per heavy atom. The van der Waals surface area contributed by atoms with Crippen LogP contribution in [0.5, 0.6) is 5.75 Å². The van der Waals surface area contributed by atoms with Crippen LogP contribution in [0, 0.1) is 6.92 Å². The number of nitrogens with two attached hydrogens (primary N) is 1. The average Bonchev–Trinajstić information content (AvgIpc) is 2.94. The van der Waals surface area contributed by atoms with Crippen LogP contribution < -0.4 is 10.5 Å². The lowest BCUT2D eigenvalue weighted by Crippen LogP contribution is -2.22. The van der Waals surface area contributed by atoms with Crippen molar-refractivity contribution >= 4 is 15.9 Å². The minimum absolute atomic E-state index is 0.106. The molecule has 2 N–H and O–H groups in total. The molecule has 16 heavy (non-hydrogen) atoms. The molecule has 1 aliphatic rings. The minimum atomic E-state index is 0.106. The van der Waals surface area contributed by atoms with Crippen LogP contribution in [0.2, 0.25) is 0 Å². The first kappa shape index (κ1) is 11.9. The molecular weight excluding hydrogens is 266 g/mol. The maximum atomic E-state index is 6.11. The maximum absolute atomic E-state index is 6.11. The van der Waals surface area contributed by atoms with E-state index in [1.165, 1.54) is 24.0 Å². The van der Waals surface area contributed by atoms with Gasteiger partial charge in [0.15, 0.2) is 0 Å². The fourth-order valence-electron chi connectivity index (χ4n) is 1.95. The molecule has 0 saturated heterocycles. The van der Waals surface area contributed by atoms with Gasteiger partial charge in [0.1, 0.15) is 5.75 Å². The first-order valence-electron chi connectivity index (χ1n) is 5.66. The molecular formula is C13H18BrNO. The lowest BCUT2D eigenvalue weighted by atomic mass is 10.0. The van der Waals surface area contributed by atoms with Gasteiger partial charge in [0.2, 0.25) is 0 Å². The number of ether oxygens (including phenoxy) is 1. The molecule has 1 saturated carbocycles. The Hall–Kier alpha value is -0.540. The highest BCUT2D eigenvalue weighted by Crippen LogP contribution is 2.39. The van der Waals surface area contributed by atoms with Crippen LogP contribution in [0.4, 0.5) is 0 Å². The average molecular weight is 284 g/mol. The molecule has 0 amide bonds. The molecule has 3 heteroatoms. The van der Waals surface area contributed by atoms with E-state index in [4.69, 9.17) is 10.5 Å². The van der Waals surface area contributed by atoms with E-state index < -0.39 is 0 Å². The number of aryl methyl sites for hydroxylation is 1. The second-order valence-corrected chi connectivity index (χ2v) is 5.64. The highest BCUT2D eigenvalue weighted by Gasteiger charge is 2.37. The lowest BCUT2D eigenvalue weighted by molar-refractivity contribution is 0.407. The zero-order valence-electron chi connectivity index (χ0n) is 9.85. The van der Waals surface area contributed by atoms with Gasteiger partial charge in [0.25, 0.3) is 0 Å². The van der Waals surface area contributed by atoms with Crippen LogP contribution in [-0.4, -0.2) is 12.6 Å². The van der Waals surface area contributed by atoms with Crippen molar-refractivity contribution in [1.82, 2.24) is 0 Å². The van der Waals surface area contributed by atoms with Crippen molar-refractivity contribution in [2.24, 2.45) is 5.73 Å². The largest absolute Gasteiger partial charge is 0.496 e. The number of halogens is 1. The van der Waals surface area contributed by atoms with Crippen molar-refractivity contribution in [1.29, 1.82) is 0 Å². The SMILES string of the molecule is COc1cc(C)cc(Br)c1CCC1(N)CC1. The monoisotopic (exact) mass is 283 g/mol. The fraction of sp³-hybridized carbons (Fsp3) is 0.538. The standard InChI is InChI=1S/C13H18BrNO/c1-9-7-11(14)10(12(8-9)16-2)3-4-13(15)5-6-13/h7-8H,3-6,15H2,1-2H3. The van der Waals surface area contributed by atoms with E-state index in [-0.39, 0.29) is 5.54 Å². The summed E-state index contributed by atoms with van der Waals surface area (Å²) in [6, 6.07) is 4.21. The van der Waals surface area contributed by atoms with Crippen molar-refractivity contribution in [3.05, 3.63) is 27.7 Å². The molecule has 1 fully saturated rings. The summed E-state index contributed by atoms with van der Waals surface area (Å²) >= 11 is 3.61. The Labute approximate surface area is 105 Å². The van der Waals surface area contributed by atoms with Crippen molar-refractivity contribution in [2.75, 3.05) is 7.11 Å². The van der Waals surface area contributed by atoms with E-state index in [2.05, 4.69) is 35.0 Å². The van der Waals surface area contributed by atoms with Crippen LogP contribution in [0.15, 0.2) is 16.6 Å². The summed E-state index contributed by atoms with van der Waals surface area (Å²) in [5.41, 5.74) is 8.67. The Kier molecular flexibility index (Phi) is 3.27. The van der Waals surface area contributed by atoms with Gasteiger partial charge in [-0.05, 0) is 50.3 Å². The predicted octanol–water partition coefficient (Wildman–Crippen LogP) is 3.19. The number of hydrogen-bond acceptors (Lipinski definition) is 2. The molecule has 0 aliphatic heterocycles. The first-order chi connectivity index (χ1) is 7.54. The molecule has 1 aliphatic carbocycles. The number of benzene rings is 1. The summed E-state index contributed by atoms with van der Waals surface area (Å²) in [5, 5.41) is 0. The van der Waals surface area contributed by atoms with Crippen LogP contribution in [0.25, 0.3) is 0 Å². The van der Waals surface area contributed by atoms with Crippen LogP contribution in [0.1, 0.15) is 30.4 Å².